The number of rotatable bonds is 5. The van der Waals surface area contributed by atoms with Gasteiger partial charge in [0.25, 0.3) is 0 Å². The van der Waals surface area contributed by atoms with E-state index in [9.17, 15) is 20.1 Å². The van der Waals surface area contributed by atoms with E-state index in [1.165, 1.54) is 0 Å². The van der Waals surface area contributed by atoms with Crippen molar-refractivity contribution in [3.05, 3.63) is 46.6 Å². The molecule has 2 fully saturated rings. The number of fused-ring (bicyclic) bond motifs is 4. The standard InChI is InChI=1S/C28H37NO7/c1-26(9-11-30)17(15-31)7-8-27(2)20(26)13-21(34-4)28(3)24(27)23(32)22-19(36-28)12-18(35-25(22)33)16-6-5-10-29-14-16/h5-6,10,12,14,17,20-21,23-24,30-32H,7-9,11,13,15H2,1-4H3/t17-,20+,21+,23+,24-,26+,27+,28-/m1/s1. The molecule has 1 aliphatic heterocycles. The number of aliphatic hydroxyl groups excluding tert-OH is 3. The molecule has 36 heavy (non-hydrogen) atoms. The van der Waals surface area contributed by atoms with Crippen LogP contribution in [0.1, 0.15) is 58.1 Å². The first kappa shape index (κ1) is 25.4. The normalized spacial score (nSPS) is 39.5. The molecule has 5 rings (SSSR count). The van der Waals surface area contributed by atoms with Gasteiger partial charge in [0, 0.05) is 50.3 Å². The van der Waals surface area contributed by atoms with Gasteiger partial charge in [-0.25, -0.2) is 4.79 Å². The first-order valence-electron chi connectivity index (χ1n) is 12.8. The molecule has 0 aromatic carbocycles. The predicted octanol–water partition coefficient (Wildman–Crippen LogP) is 3.33. The summed E-state index contributed by atoms with van der Waals surface area (Å²) < 4.78 is 18.4. The summed E-state index contributed by atoms with van der Waals surface area (Å²) in [5, 5.41) is 32.1. The molecule has 2 aromatic heterocycles. The maximum atomic E-state index is 13.3. The van der Waals surface area contributed by atoms with Gasteiger partial charge < -0.3 is 29.2 Å². The van der Waals surface area contributed by atoms with Crippen molar-refractivity contribution >= 4 is 0 Å². The fraction of sp³-hybridized carbons (Fsp3) is 0.643. The number of pyridine rings is 1. The molecule has 2 aliphatic carbocycles. The molecule has 0 saturated heterocycles. The van der Waals surface area contributed by atoms with Crippen molar-refractivity contribution < 1.29 is 29.2 Å². The van der Waals surface area contributed by atoms with Gasteiger partial charge in [-0.15, -0.1) is 0 Å². The molecular formula is C28H37NO7. The van der Waals surface area contributed by atoms with E-state index in [2.05, 4.69) is 18.8 Å². The molecule has 3 N–H and O–H groups in total. The molecule has 0 spiro atoms. The molecule has 0 bridgehead atoms. The van der Waals surface area contributed by atoms with Gasteiger partial charge in [0.05, 0.1) is 12.2 Å². The number of hydrogen-bond acceptors (Lipinski definition) is 8. The van der Waals surface area contributed by atoms with Crippen molar-refractivity contribution in [1.29, 1.82) is 0 Å². The zero-order valence-corrected chi connectivity index (χ0v) is 21.4. The van der Waals surface area contributed by atoms with E-state index < -0.39 is 28.7 Å². The van der Waals surface area contributed by atoms with E-state index in [1.807, 2.05) is 6.92 Å². The Balaban J connectivity index is 1.65. The van der Waals surface area contributed by atoms with Crippen molar-refractivity contribution in [2.24, 2.45) is 28.6 Å². The van der Waals surface area contributed by atoms with Gasteiger partial charge in [-0.05, 0) is 67.4 Å². The quantitative estimate of drug-likeness (QED) is 0.573. The van der Waals surface area contributed by atoms with Crippen LogP contribution in [0.3, 0.4) is 0 Å². The third-order valence-electron chi connectivity index (χ3n) is 9.97. The molecule has 196 valence electrons. The smallest absolute Gasteiger partial charge is 0.345 e. The third-order valence-corrected chi connectivity index (χ3v) is 9.97. The first-order valence-corrected chi connectivity index (χ1v) is 12.8. The Morgan fingerprint density at radius 3 is 2.67 bits per heavy atom. The highest BCUT2D eigenvalue weighted by atomic mass is 16.6. The largest absolute Gasteiger partial charge is 0.484 e. The minimum atomic E-state index is -1.12. The zero-order valence-electron chi connectivity index (χ0n) is 21.4. The van der Waals surface area contributed by atoms with E-state index in [0.717, 1.165) is 12.8 Å². The lowest BCUT2D eigenvalue weighted by Gasteiger charge is -2.67. The Morgan fingerprint density at radius 2 is 2.03 bits per heavy atom. The molecule has 2 aromatic rings. The summed E-state index contributed by atoms with van der Waals surface area (Å²) >= 11 is 0. The summed E-state index contributed by atoms with van der Waals surface area (Å²) in [6, 6.07) is 5.22. The van der Waals surface area contributed by atoms with Crippen LogP contribution >= 0.6 is 0 Å². The highest BCUT2D eigenvalue weighted by molar-refractivity contribution is 5.59. The molecule has 3 aliphatic rings. The molecule has 8 nitrogen and oxygen atoms in total. The SMILES string of the molecule is CO[C@H]1C[C@H]2[C@@](C)(CCO)[C@@H](CO)CC[C@]2(C)[C@H]2[C@@H](O)c3c(cc(-c4cccnc4)oc3=O)O[C@]12C. The Hall–Kier alpha value is -2.26. The van der Waals surface area contributed by atoms with Crippen LogP contribution in [0.25, 0.3) is 11.3 Å². The fourth-order valence-electron chi connectivity index (χ4n) is 8.18. The maximum absolute atomic E-state index is 13.3. The van der Waals surface area contributed by atoms with Crippen LogP contribution in [0.4, 0.5) is 0 Å². The van der Waals surface area contributed by atoms with Gasteiger partial charge in [0.2, 0.25) is 0 Å². The number of aromatic nitrogens is 1. The number of methoxy groups -OCH3 is 1. The lowest BCUT2D eigenvalue weighted by Crippen LogP contribution is -2.70. The number of hydrogen-bond donors (Lipinski definition) is 3. The Labute approximate surface area is 211 Å². The lowest BCUT2D eigenvalue weighted by atomic mass is 9.41. The summed E-state index contributed by atoms with van der Waals surface area (Å²) in [7, 11) is 1.65. The topological polar surface area (TPSA) is 122 Å². The Bertz CT molecular complexity index is 1170. The van der Waals surface area contributed by atoms with Crippen LogP contribution in [-0.4, -0.2) is 52.3 Å². The van der Waals surface area contributed by atoms with Crippen molar-refractivity contribution in [3.63, 3.8) is 0 Å². The molecule has 2 saturated carbocycles. The van der Waals surface area contributed by atoms with Crippen molar-refractivity contribution in [2.45, 2.75) is 64.3 Å². The van der Waals surface area contributed by atoms with Crippen LogP contribution in [0.15, 0.2) is 39.8 Å². The van der Waals surface area contributed by atoms with Gasteiger partial charge in [0.1, 0.15) is 22.7 Å². The van der Waals surface area contributed by atoms with Crippen LogP contribution < -0.4 is 10.4 Å². The summed E-state index contributed by atoms with van der Waals surface area (Å²) in [6.45, 7) is 6.34. The molecule has 8 heteroatoms. The van der Waals surface area contributed by atoms with E-state index in [4.69, 9.17) is 13.9 Å². The zero-order chi connectivity index (χ0) is 25.9. The highest BCUT2D eigenvalue weighted by Crippen LogP contribution is 2.68. The second-order valence-electron chi connectivity index (χ2n) is 11.5. The van der Waals surface area contributed by atoms with Crippen LogP contribution in [0, 0.1) is 28.6 Å². The van der Waals surface area contributed by atoms with Crippen molar-refractivity contribution in [2.75, 3.05) is 20.3 Å². The summed E-state index contributed by atoms with van der Waals surface area (Å²) in [4.78, 5) is 17.4. The predicted molar refractivity (Wildman–Crippen MR) is 132 cm³/mol. The van der Waals surface area contributed by atoms with Crippen molar-refractivity contribution in [3.8, 4) is 17.1 Å². The average Bonchev–Trinajstić information content (AvgIpc) is 2.83. The maximum Gasteiger partial charge on any atom is 0.345 e. The monoisotopic (exact) mass is 499 g/mol. The number of ether oxygens (including phenoxy) is 2. The summed E-state index contributed by atoms with van der Waals surface area (Å²) in [6.07, 6.45) is 4.49. The fourth-order valence-corrected chi connectivity index (χ4v) is 8.18. The minimum Gasteiger partial charge on any atom is -0.484 e. The molecular weight excluding hydrogens is 462 g/mol. The average molecular weight is 500 g/mol. The van der Waals surface area contributed by atoms with Gasteiger partial charge in [-0.2, -0.15) is 0 Å². The van der Waals surface area contributed by atoms with Gasteiger partial charge in [0.15, 0.2) is 0 Å². The minimum absolute atomic E-state index is 0.0156. The lowest BCUT2D eigenvalue weighted by molar-refractivity contribution is -0.261. The van der Waals surface area contributed by atoms with Crippen LogP contribution in [-0.2, 0) is 4.74 Å². The van der Waals surface area contributed by atoms with Gasteiger partial charge >= 0.3 is 5.63 Å². The molecule has 0 amide bonds. The number of aliphatic hydroxyl groups is 3. The van der Waals surface area contributed by atoms with Crippen LogP contribution in [0.5, 0.6) is 5.75 Å². The number of nitrogens with zero attached hydrogens (tertiary/aromatic N) is 1. The Morgan fingerprint density at radius 1 is 1.25 bits per heavy atom. The molecule has 0 radical (unpaired) electrons. The van der Waals surface area contributed by atoms with E-state index in [1.54, 1.807) is 37.7 Å². The third kappa shape index (κ3) is 3.49. The second kappa shape index (κ2) is 8.94. The molecule has 3 heterocycles. The molecule has 8 atom stereocenters. The van der Waals surface area contributed by atoms with E-state index in [-0.39, 0.29) is 42.1 Å². The highest BCUT2D eigenvalue weighted by Gasteiger charge is 2.69. The summed E-state index contributed by atoms with van der Waals surface area (Å²) in [5.41, 5.74) is -1.53. The molecule has 0 unspecified atom stereocenters. The van der Waals surface area contributed by atoms with Crippen LogP contribution in [0.2, 0.25) is 0 Å². The van der Waals surface area contributed by atoms with Gasteiger partial charge in [-0.1, -0.05) is 13.8 Å². The summed E-state index contributed by atoms with van der Waals surface area (Å²) in [5.74, 6) is 0.251. The Kier molecular flexibility index (Phi) is 6.31. The second-order valence-corrected chi connectivity index (χ2v) is 11.5. The van der Waals surface area contributed by atoms with E-state index >= 15 is 0 Å². The van der Waals surface area contributed by atoms with E-state index in [0.29, 0.717) is 29.9 Å². The van der Waals surface area contributed by atoms with Crippen molar-refractivity contribution in [1.82, 2.24) is 4.98 Å². The first-order chi connectivity index (χ1) is 17.1. The van der Waals surface area contributed by atoms with Gasteiger partial charge in [-0.3, -0.25) is 4.98 Å².